The van der Waals surface area contributed by atoms with Crippen molar-refractivity contribution in [2.45, 2.75) is 64.1 Å². The summed E-state index contributed by atoms with van der Waals surface area (Å²) >= 11 is 0. The number of methoxy groups -OCH3 is 1. The van der Waals surface area contributed by atoms with E-state index in [1.807, 2.05) is 35.2 Å². The third kappa shape index (κ3) is 6.56. The fourth-order valence-corrected chi connectivity index (χ4v) is 5.29. The molecular weight excluding hydrogens is 440 g/mol. The summed E-state index contributed by atoms with van der Waals surface area (Å²) in [5, 5.41) is 0. The number of benzene rings is 2. The Morgan fingerprint density at radius 1 is 0.971 bits per heavy atom. The van der Waals surface area contributed by atoms with Crippen LogP contribution < -0.4 is 9.47 Å². The molecule has 35 heavy (non-hydrogen) atoms. The molecule has 0 saturated carbocycles. The van der Waals surface area contributed by atoms with Gasteiger partial charge in [-0.1, -0.05) is 43.7 Å². The summed E-state index contributed by atoms with van der Waals surface area (Å²) in [6, 6.07) is 16.1. The van der Waals surface area contributed by atoms with Crippen LogP contribution in [0.3, 0.4) is 0 Å². The van der Waals surface area contributed by atoms with Crippen molar-refractivity contribution < 1.29 is 19.0 Å². The van der Waals surface area contributed by atoms with Gasteiger partial charge in [-0.05, 0) is 56.8 Å². The minimum Gasteiger partial charge on any atom is -0.493 e. The number of amides is 1. The SMILES string of the molecule is CCCOc1ccccc1CN1CCCC[C@@H]2[C@H](OC)CCCN2C(=O)c2ccccc2OCC1. The van der Waals surface area contributed by atoms with Crippen LogP contribution in [-0.2, 0) is 11.3 Å². The molecule has 2 atom stereocenters. The molecule has 0 N–H and O–H groups in total. The van der Waals surface area contributed by atoms with Crippen LogP contribution >= 0.6 is 0 Å². The Hall–Kier alpha value is -2.57. The van der Waals surface area contributed by atoms with E-state index in [9.17, 15) is 4.79 Å². The van der Waals surface area contributed by atoms with Gasteiger partial charge >= 0.3 is 0 Å². The monoisotopic (exact) mass is 480 g/mol. The molecule has 2 aromatic carbocycles. The van der Waals surface area contributed by atoms with Gasteiger partial charge in [-0.25, -0.2) is 0 Å². The average molecular weight is 481 g/mol. The number of carbonyl (C=O) groups excluding carboxylic acids is 1. The van der Waals surface area contributed by atoms with Crippen molar-refractivity contribution >= 4 is 5.91 Å². The number of fused-ring (bicyclic) bond motifs is 2. The van der Waals surface area contributed by atoms with Gasteiger partial charge < -0.3 is 19.1 Å². The van der Waals surface area contributed by atoms with Gasteiger partial charge in [0.1, 0.15) is 18.1 Å². The first-order chi connectivity index (χ1) is 17.2. The van der Waals surface area contributed by atoms with E-state index in [1.54, 1.807) is 7.11 Å². The molecule has 0 unspecified atom stereocenters. The number of hydrogen-bond donors (Lipinski definition) is 0. The van der Waals surface area contributed by atoms with Crippen LogP contribution in [0.1, 0.15) is 61.4 Å². The Morgan fingerprint density at radius 3 is 2.66 bits per heavy atom. The highest BCUT2D eigenvalue weighted by Crippen LogP contribution is 2.29. The van der Waals surface area contributed by atoms with Crippen LogP contribution in [0.15, 0.2) is 48.5 Å². The molecule has 4 rings (SSSR count). The summed E-state index contributed by atoms with van der Waals surface area (Å²) < 4.78 is 18.1. The molecule has 6 heteroatoms. The summed E-state index contributed by atoms with van der Waals surface area (Å²) in [6.45, 7) is 6.75. The summed E-state index contributed by atoms with van der Waals surface area (Å²) in [5.41, 5.74) is 1.86. The Morgan fingerprint density at radius 2 is 1.80 bits per heavy atom. The van der Waals surface area contributed by atoms with E-state index in [1.165, 1.54) is 5.56 Å². The fourth-order valence-electron chi connectivity index (χ4n) is 5.29. The summed E-state index contributed by atoms with van der Waals surface area (Å²) in [5.74, 6) is 1.70. The lowest BCUT2D eigenvalue weighted by Gasteiger charge is -2.41. The van der Waals surface area contributed by atoms with Gasteiger partial charge in [-0.3, -0.25) is 9.69 Å². The van der Waals surface area contributed by atoms with E-state index in [2.05, 4.69) is 30.0 Å². The van der Waals surface area contributed by atoms with Crippen LogP contribution in [0.25, 0.3) is 0 Å². The van der Waals surface area contributed by atoms with Crippen molar-refractivity contribution in [1.82, 2.24) is 9.80 Å². The third-order valence-corrected chi connectivity index (χ3v) is 7.12. The van der Waals surface area contributed by atoms with Crippen molar-refractivity contribution in [3.8, 4) is 11.5 Å². The van der Waals surface area contributed by atoms with E-state index in [-0.39, 0.29) is 18.1 Å². The highest BCUT2D eigenvalue weighted by Gasteiger charge is 2.35. The molecule has 0 spiro atoms. The van der Waals surface area contributed by atoms with Crippen LogP contribution in [0.2, 0.25) is 0 Å². The van der Waals surface area contributed by atoms with Crippen LogP contribution in [0, 0.1) is 0 Å². The zero-order valence-corrected chi connectivity index (χ0v) is 21.3. The predicted molar refractivity (Wildman–Crippen MR) is 138 cm³/mol. The molecule has 1 saturated heterocycles. The van der Waals surface area contributed by atoms with E-state index in [4.69, 9.17) is 14.2 Å². The van der Waals surface area contributed by atoms with Crippen LogP contribution in [0.5, 0.6) is 11.5 Å². The molecule has 2 aliphatic rings. The second kappa shape index (κ2) is 12.9. The average Bonchev–Trinajstić information content (AvgIpc) is 2.90. The smallest absolute Gasteiger partial charge is 0.257 e. The summed E-state index contributed by atoms with van der Waals surface area (Å²) in [4.78, 5) is 18.1. The van der Waals surface area contributed by atoms with Crippen molar-refractivity contribution in [2.24, 2.45) is 0 Å². The number of hydrogen-bond acceptors (Lipinski definition) is 5. The fraction of sp³-hybridized carbons (Fsp3) is 0.552. The number of rotatable bonds is 6. The minimum atomic E-state index is 0.0606. The molecular formula is C29H40N2O4. The maximum absolute atomic E-state index is 13.6. The summed E-state index contributed by atoms with van der Waals surface area (Å²) in [6.07, 6.45) is 6.13. The van der Waals surface area contributed by atoms with Crippen molar-refractivity contribution in [2.75, 3.05) is 40.0 Å². The quantitative estimate of drug-likeness (QED) is 0.572. The maximum Gasteiger partial charge on any atom is 0.257 e. The highest BCUT2D eigenvalue weighted by atomic mass is 16.5. The zero-order valence-electron chi connectivity index (χ0n) is 21.3. The number of ether oxygens (including phenoxy) is 3. The highest BCUT2D eigenvalue weighted by molar-refractivity contribution is 5.97. The first-order valence-electron chi connectivity index (χ1n) is 13.2. The molecule has 0 bridgehead atoms. The molecule has 6 nitrogen and oxygen atoms in total. The van der Waals surface area contributed by atoms with Crippen LogP contribution in [0.4, 0.5) is 0 Å². The first kappa shape index (κ1) is 25.5. The largest absolute Gasteiger partial charge is 0.493 e. The Balaban J connectivity index is 1.54. The van der Waals surface area contributed by atoms with Gasteiger partial charge in [0.15, 0.2) is 0 Å². The molecule has 1 amide bonds. The summed E-state index contributed by atoms with van der Waals surface area (Å²) in [7, 11) is 1.77. The van der Waals surface area contributed by atoms with Gasteiger partial charge in [-0.15, -0.1) is 0 Å². The lowest BCUT2D eigenvalue weighted by Crippen LogP contribution is -2.51. The number of para-hydroxylation sites is 2. The van der Waals surface area contributed by atoms with Crippen molar-refractivity contribution in [1.29, 1.82) is 0 Å². The Kier molecular flexibility index (Phi) is 9.43. The van der Waals surface area contributed by atoms with Gasteiger partial charge in [0.2, 0.25) is 0 Å². The lowest BCUT2D eigenvalue weighted by molar-refractivity contribution is -0.0155. The number of carbonyl (C=O) groups is 1. The Labute approximate surface area is 210 Å². The molecule has 0 radical (unpaired) electrons. The van der Waals surface area contributed by atoms with E-state index < -0.39 is 0 Å². The van der Waals surface area contributed by atoms with E-state index >= 15 is 0 Å². The second-order valence-electron chi connectivity index (χ2n) is 9.56. The van der Waals surface area contributed by atoms with Gasteiger partial charge in [0.05, 0.1) is 24.3 Å². The topological polar surface area (TPSA) is 51.2 Å². The standard InChI is InChI=1S/C29H40N2O4/c1-3-20-34-26-14-6-4-11-23(26)22-30-17-9-8-13-25-28(33-2)16-10-18-31(25)29(32)24-12-5-7-15-27(24)35-21-19-30/h4-7,11-12,14-15,25,28H,3,8-10,13,16-22H2,1-2H3/t25-,28-/m1/s1. The first-order valence-corrected chi connectivity index (χ1v) is 13.2. The molecule has 2 aliphatic heterocycles. The third-order valence-electron chi connectivity index (χ3n) is 7.12. The minimum absolute atomic E-state index is 0.0606. The van der Waals surface area contributed by atoms with Crippen molar-refractivity contribution in [3.63, 3.8) is 0 Å². The van der Waals surface area contributed by atoms with E-state index in [0.717, 1.165) is 77.1 Å². The van der Waals surface area contributed by atoms with Gasteiger partial charge in [0, 0.05) is 32.3 Å². The molecule has 1 fully saturated rings. The normalized spacial score (nSPS) is 22.1. The van der Waals surface area contributed by atoms with Crippen molar-refractivity contribution in [3.05, 3.63) is 59.7 Å². The number of piperidine rings is 1. The molecule has 2 aromatic rings. The predicted octanol–water partition coefficient (Wildman–Crippen LogP) is 5.16. The Bertz CT molecular complexity index is 950. The lowest BCUT2D eigenvalue weighted by atomic mass is 9.93. The molecule has 0 aromatic heterocycles. The molecule has 0 aliphatic carbocycles. The number of nitrogens with zero attached hydrogens (tertiary/aromatic N) is 2. The van der Waals surface area contributed by atoms with Gasteiger partial charge in [0.25, 0.3) is 5.91 Å². The second-order valence-corrected chi connectivity index (χ2v) is 9.56. The van der Waals surface area contributed by atoms with Gasteiger partial charge in [-0.2, -0.15) is 0 Å². The molecule has 190 valence electrons. The molecule has 2 heterocycles. The van der Waals surface area contributed by atoms with E-state index in [0.29, 0.717) is 17.9 Å². The van der Waals surface area contributed by atoms with Crippen LogP contribution in [-0.4, -0.2) is 67.8 Å². The maximum atomic E-state index is 13.6. The zero-order chi connectivity index (χ0) is 24.5.